The van der Waals surface area contributed by atoms with Crippen molar-refractivity contribution < 1.29 is 13.6 Å². The van der Waals surface area contributed by atoms with Gasteiger partial charge in [-0.3, -0.25) is 14.9 Å². The number of hydrogen-bond acceptors (Lipinski definition) is 4. The molecule has 22 heavy (non-hydrogen) atoms. The lowest BCUT2D eigenvalue weighted by Gasteiger charge is -2.05. The molecule has 0 aliphatic rings. The Hall–Kier alpha value is -3.16. The van der Waals surface area contributed by atoms with Crippen LogP contribution in [0.1, 0.15) is 10.4 Å². The summed E-state index contributed by atoms with van der Waals surface area (Å²) in [5, 5.41) is 1.93. The zero-order valence-corrected chi connectivity index (χ0v) is 10.9. The van der Waals surface area contributed by atoms with E-state index in [-0.39, 0.29) is 22.4 Å². The largest absolute Gasteiger partial charge is 0.360 e. The van der Waals surface area contributed by atoms with E-state index >= 15 is 0 Å². The molecule has 0 saturated heterocycles. The maximum Gasteiger partial charge on any atom is 0.263 e. The van der Waals surface area contributed by atoms with Crippen LogP contribution in [0.2, 0.25) is 0 Å². The zero-order valence-electron chi connectivity index (χ0n) is 10.9. The van der Waals surface area contributed by atoms with Crippen molar-refractivity contribution in [1.29, 1.82) is 0 Å². The number of anilines is 1. The van der Waals surface area contributed by atoms with Crippen molar-refractivity contribution in [2.24, 2.45) is 0 Å². The Balaban J connectivity index is 2.07. The highest BCUT2D eigenvalue weighted by Gasteiger charge is 2.17. The molecule has 0 radical (unpaired) electrons. The SMILES string of the molecule is O=C(Nc1ncccn1)c1c[nH]c2cc(F)cc(F)c2c1=O. The second-order valence-corrected chi connectivity index (χ2v) is 4.37. The molecule has 110 valence electrons. The van der Waals surface area contributed by atoms with Gasteiger partial charge in [0, 0.05) is 24.7 Å². The summed E-state index contributed by atoms with van der Waals surface area (Å²) in [5.41, 5.74) is -1.21. The van der Waals surface area contributed by atoms with Crippen molar-refractivity contribution in [1.82, 2.24) is 15.0 Å². The molecule has 0 aliphatic carbocycles. The van der Waals surface area contributed by atoms with Gasteiger partial charge in [-0.2, -0.15) is 0 Å². The lowest BCUT2D eigenvalue weighted by molar-refractivity contribution is 0.102. The molecule has 0 spiro atoms. The average molecular weight is 302 g/mol. The van der Waals surface area contributed by atoms with Gasteiger partial charge in [-0.1, -0.05) is 0 Å². The first-order valence-corrected chi connectivity index (χ1v) is 6.15. The monoisotopic (exact) mass is 302 g/mol. The number of nitrogens with one attached hydrogen (secondary N) is 2. The standard InChI is InChI=1S/C14H8F2N4O2/c15-7-4-9(16)11-10(5-7)19-6-8(12(11)21)13(22)20-14-17-2-1-3-18-14/h1-6H,(H,19,21)(H,17,18,20,22). The van der Waals surface area contributed by atoms with Crippen molar-refractivity contribution in [3.8, 4) is 0 Å². The van der Waals surface area contributed by atoms with Gasteiger partial charge in [-0.05, 0) is 12.1 Å². The molecule has 0 unspecified atom stereocenters. The van der Waals surface area contributed by atoms with Gasteiger partial charge in [0.1, 0.15) is 17.2 Å². The van der Waals surface area contributed by atoms with E-state index in [0.29, 0.717) is 6.07 Å². The molecule has 0 bridgehead atoms. The predicted octanol–water partition coefficient (Wildman–Crippen LogP) is 1.85. The molecule has 8 heteroatoms. The van der Waals surface area contributed by atoms with Crippen LogP contribution in [0.25, 0.3) is 10.9 Å². The normalized spacial score (nSPS) is 10.6. The van der Waals surface area contributed by atoms with Crippen molar-refractivity contribution in [3.05, 3.63) is 64.2 Å². The molecular formula is C14H8F2N4O2. The van der Waals surface area contributed by atoms with E-state index in [1.807, 2.05) is 0 Å². The molecule has 1 aromatic carbocycles. The molecule has 0 atom stereocenters. The molecule has 0 saturated carbocycles. The van der Waals surface area contributed by atoms with Gasteiger partial charge < -0.3 is 4.98 Å². The summed E-state index contributed by atoms with van der Waals surface area (Å²) in [4.78, 5) is 34.4. The fraction of sp³-hybridized carbons (Fsp3) is 0. The number of hydrogen-bond donors (Lipinski definition) is 2. The summed E-state index contributed by atoms with van der Waals surface area (Å²) < 4.78 is 26.9. The molecule has 1 amide bonds. The number of carbonyl (C=O) groups excluding carboxylic acids is 1. The lowest BCUT2D eigenvalue weighted by Crippen LogP contribution is -2.23. The van der Waals surface area contributed by atoms with Crippen LogP contribution in [0.3, 0.4) is 0 Å². The number of halogens is 2. The van der Waals surface area contributed by atoms with Crippen molar-refractivity contribution in [2.45, 2.75) is 0 Å². The molecule has 0 aliphatic heterocycles. The smallest absolute Gasteiger partial charge is 0.263 e. The van der Waals surface area contributed by atoms with Crippen molar-refractivity contribution in [2.75, 3.05) is 5.32 Å². The van der Waals surface area contributed by atoms with E-state index < -0.39 is 23.0 Å². The lowest BCUT2D eigenvalue weighted by atomic mass is 10.1. The van der Waals surface area contributed by atoms with E-state index in [9.17, 15) is 18.4 Å². The number of aromatic amines is 1. The first-order chi connectivity index (χ1) is 10.6. The van der Waals surface area contributed by atoms with E-state index in [2.05, 4.69) is 20.3 Å². The molecule has 2 N–H and O–H groups in total. The summed E-state index contributed by atoms with van der Waals surface area (Å²) in [6, 6.07) is 3.11. The van der Waals surface area contributed by atoms with Crippen molar-refractivity contribution >= 4 is 22.8 Å². The van der Waals surface area contributed by atoms with Crippen LogP contribution in [0.5, 0.6) is 0 Å². The van der Waals surface area contributed by atoms with Gasteiger partial charge in [-0.15, -0.1) is 0 Å². The fourth-order valence-corrected chi connectivity index (χ4v) is 1.97. The van der Waals surface area contributed by atoms with Crippen LogP contribution in [0.15, 0.2) is 41.6 Å². The van der Waals surface area contributed by atoms with E-state index in [4.69, 9.17) is 0 Å². The van der Waals surface area contributed by atoms with Gasteiger partial charge >= 0.3 is 0 Å². The molecule has 3 rings (SSSR count). The van der Waals surface area contributed by atoms with Crippen LogP contribution in [-0.2, 0) is 0 Å². The summed E-state index contributed by atoms with van der Waals surface area (Å²) in [7, 11) is 0. The number of amides is 1. The number of H-pyrrole nitrogens is 1. The number of pyridine rings is 1. The number of aromatic nitrogens is 3. The molecule has 2 heterocycles. The average Bonchev–Trinajstić information content (AvgIpc) is 2.47. The molecule has 3 aromatic rings. The van der Waals surface area contributed by atoms with Crippen LogP contribution < -0.4 is 10.7 Å². The van der Waals surface area contributed by atoms with Crippen LogP contribution >= 0.6 is 0 Å². The second-order valence-electron chi connectivity index (χ2n) is 4.37. The van der Waals surface area contributed by atoms with Gasteiger partial charge in [0.25, 0.3) is 5.91 Å². The van der Waals surface area contributed by atoms with Crippen molar-refractivity contribution in [3.63, 3.8) is 0 Å². The number of benzene rings is 1. The number of fused-ring (bicyclic) bond motifs is 1. The first-order valence-electron chi connectivity index (χ1n) is 6.15. The van der Waals surface area contributed by atoms with E-state index in [0.717, 1.165) is 12.3 Å². The zero-order chi connectivity index (χ0) is 15.7. The molecule has 6 nitrogen and oxygen atoms in total. The highest BCUT2D eigenvalue weighted by molar-refractivity contribution is 6.04. The molecule has 2 aromatic heterocycles. The predicted molar refractivity (Wildman–Crippen MR) is 74.5 cm³/mol. The van der Waals surface area contributed by atoms with E-state index in [1.165, 1.54) is 12.4 Å². The summed E-state index contributed by atoms with van der Waals surface area (Å²) >= 11 is 0. The van der Waals surface area contributed by atoms with E-state index in [1.54, 1.807) is 6.07 Å². The summed E-state index contributed by atoms with van der Waals surface area (Å²) in [5.74, 6) is -2.65. The molecule has 0 fully saturated rings. The van der Waals surface area contributed by atoms with Crippen LogP contribution in [0.4, 0.5) is 14.7 Å². The first kappa shape index (κ1) is 13.8. The van der Waals surface area contributed by atoms with Gasteiger partial charge in [0.15, 0.2) is 0 Å². The highest BCUT2D eigenvalue weighted by Crippen LogP contribution is 2.15. The Labute approximate surface area is 121 Å². The minimum atomic E-state index is -1.04. The Bertz CT molecular complexity index is 925. The summed E-state index contributed by atoms with van der Waals surface area (Å²) in [6.45, 7) is 0. The quantitative estimate of drug-likeness (QED) is 0.756. The van der Waals surface area contributed by atoms with Gasteiger partial charge in [0.05, 0.1) is 10.9 Å². The Kier molecular flexibility index (Phi) is 3.34. The maximum absolute atomic E-state index is 13.8. The van der Waals surface area contributed by atoms with Gasteiger partial charge in [-0.25, -0.2) is 18.7 Å². The van der Waals surface area contributed by atoms with Crippen LogP contribution in [0, 0.1) is 11.6 Å². The highest BCUT2D eigenvalue weighted by atomic mass is 19.1. The van der Waals surface area contributed by atoms with Gasteiger partial charge in [0.2, 0.25) is 11.4 Å². The topological polar surface area (TPSA) is 87.7 Å². The third kappa shape index (κ3) is 2.41. The summed E-state index contributed by atoms with van der Waals surface area (Å²) in [6.07, 6.45) is 3.91. The van der Waals surface area contributed by atoms with Crippen LogP contribution in [-0.4, -0.2) is 20.9 Å². The Morgan fingerprint density at radius 3 is 2.64 bits per heavy atom. The number of nitrogens with zero attached hydrogens (tertiary/aromatic N) is 2. The fourth-order valence-electron chi connectivity index (χ4n) is 1.97. The minimum absolute atomic E-state index is 0.00609. The number of carbonyl (C=O) groups is 1. The third-order valence-electron chi connectivity index (χ3n) is 2.93. The second kappa shape index (κ2) is 5.32. The third-order valence-corrected chi connectivity index (χ3v) is 2.93. The minimum Gasteiger partial charge on any atom is -0.360 e. The maximum atomic E-state index is 13.8. The molecular weight excluding hydrogens is 294 g/mol. The Morgan fingerprint density at radius 2 is 1.91 bits per heavy atom. The Morgan fingerprint density at radius 1 is 1.18 bits per heavy atom. The number of rotatable bonds is 2.